The molecular weight excluding hydrogens is 312 g/mol. The molecule has 0 saturated carbocycles. The number of carbonyl (C=O) groups excluding carboxylic acids is 1. The van der Waals surface area contributed by atoms with Gasteiger partial charge in [0.2, 0.25) is 0 Å². The van der Waals surface area contributed by atoms with E-state index in [1.807, 2.05) is 41.6 Å². The van der Waals surface area contributed by atoms with Crippen LogP contribution in [-0.4, -0.2) is 38.4 Å². The lowest BCUT2D eigenvalue weighted by atomic mass is 10.0. The molecule has 0 bridgehead atoms. The van der Waals surface area contributed by atoms with Crippen molar-refractivity contribution in [2.75, 3.05) is 13.1 Å². The van der Waals surface area contributed by atoms with E-state index in [-0.39, 0.29) is 5.91 Å². The Labute approximate surface area is 147 Å². The quantitative estimate of drug-likeness (QED) is 0.787. The Hall–Kier alpha value is -2.56. The third-order valence-corrected chi connectivity index (χ3v) is 5.09. The Balaban J connectivity index is 1.56. The van der Waals surface area contributed by atoms with Crippen LogP contribution in [0.3, 0.4) is 0 Å². The number of benzene rings is 1. The minimum atomic E-state index is 0.118. The Morgan fingerprint density at radius 3 is 3.04 bits per heavy atom. The molecular formula is C20H24N4O. The van der Waals surface area contributed by atoms with E-state index in [0.717, 1.165) is 48.2 Å². The maximum atomic E-state index is 13.0. The number of hydrogen-bond acceptors (Lipinski definition) is 2. The highest BCUT2D eigenvalue weighted by Gasteiger charge is 2.27. The zero-order valence-corrected chi connectivity index (χ0v) is 14.8. The second-order valence-corrected chi connectivity index (χ2v) is 7.17. The smallest absolute Gasteiger partial charge is 0.254 e. The number of carbonyl (C=O) groups is 1. The average Bonchev–Trinajstić information content (AvgIpc) is 3.29. The van der Waals surface area contributed by atoms with Gasteiger partial charge < -0.3 is 14.5 Å². The predicted molar refractivity (Wildman–Crippen MR) is 98.8 cm³/mol. The summed E-state index contributed by atoms with van der Waals surface area (Å²) in [5, 5.41) is 1.13. The number of hydrogen-bond donors (Lipinski definition) is 1. The van der Waals surface area contributed by atoms with Crippen LogP contribution in [0.1, 0.15) is 54.8 Å². The first-order valence-electron chi connectivity index (χ1n) is 9.02. The van der Waals surface area contributed by atoms with Gasteiger partial charge in [-0.2, -0.15) is 0 Å². The van der Waals surface area contributed by atoms with E-state index in [1.165, 1.54) is 0 Å². The van der Waals surface area contributed by atoms with Crippen molar-refractivity contribution >= 4 is 16.8 Å². The molecule has 0 radical (unpaired) electrons. The number of nitrogens with one attached hydrogen (secondary N) is 1. The molecule has 2 aromatic heterocycles. The summed E-state index contributed by atoms with van der Waals surface area (Å²) in [6.07, 6.45) is 7.95. The molecule has 3 aromatic rings. The van der Waals surface area contributed by atoms with Crippen molar-refractivity contribution in [3.63, 3.8) is 0 Å². The van der Waals surface area contributed by atoms with E-state index >= 15 is 0 Å². The number of nitrogens with zero attached hydrogens (tertiary/aromatic N) is 3. The van der Waals surface area contributed by atoms with Crippen molar-refractivity contribution in [3.05, 3.63) is 54.2 Å². The molecule has 5 heteroatoms. The van der Waals surface area contributed by atoms with Crippen LogP contribution in [-0.2, 0) is 0 Å². The molecule has 130 valence electrons. The molecule has 5 nitrogen and oxygen atoms in total. The number of aromatic nitrogens is 3. The Morgan fingerprint density at radius 2 is 2.20 bits per heavy atom. The van der Waals surface area contributed by atoms with E-state index in [2.05, 4.69) is 34.6 Å². The SMILES string of the molecule is CC(C)c1nccn1[C@@H]1CCCN(C(=O)c2ccc3cc[nH]c3c2)C1. The third kappa shape index (κ3) is 2.95. The van der Waals surface area contributed by atoms with Crippen LogP contribution in [0, 0.1) is 0 Å². The van der Waals surface area contributed by atoms with E-state index < -0.39 is 0 Å². The number of aromatic amines is 1. The van der Waals surface area contributed by atoms with Gasteiger partial charge in [0.05, 0.1) is 6.04 Å². The van der Waals surface area contributed by atoms with Crippen LogP contribution >= 0.6 is 0 Å². The number of imidazole rings is 1. The van der Waals surface area contributed by atoms with Gasteiger partial charge in [-0.25, -0.2) is 4.98 Å². The maximum absolute atomic E-state index is 13.0. The second-order valence-electron chi connectivity index (χ2n) is 7.17. The van der Waals surface area contributed by atoms with Gasteiger partial charge in [-0.05, 0) is 36.4 Å². The molecule has 1 N–H and O–H groups in total. The minimum Gasteiger partial charge on any atom is -0.361 e. The van der Waals surface area contributed by atoms with Crippen molar-refractivity contribution in [3.8, 4) is 0 Å². The summed E-state index contributed by atoms with van der Waals surface area (Å²) in [5.74, 6) is 1.61. The Bertz CT molecular complexity index is 892. The molecule has 1 aliphatic heterocycles. The normalized spacial score (nSPS) is 18.2. The summed E-state index contributed by atoms with van der Waals surface area (Å²) < 4.78 is 2.26. The molecule has 0 aliphatic carbocycles. The number of piperidine rings is 1. The molecule has 3 heterocycles. The van der Waals surface area contributed by atoms with Gasteiger partial charge in [-0.15, -0.1) is 0 Å². The van der Waals surface area contributed by atoms with Crippen molar-refractivity contribution in [1.29, 1.82) is 0 Å². The Kier molecular flexibility index (Phi) is 4.07. The van der Waals surface area contributed by atoms with Crippen molar-refractivity contribution in [2.24, 2.45) is 0 Å². The number of fused-ring (bicyclic) bond motifs is 1. The topological polar surface area (TPSA) is 53.9 Å². The van der Waals surface area contributed by atoms with E-state index in [9.17, 15) is 4.79 Å². The second kappa shape index (κ2) is 6.39. The fourth-order valence-electron chi connectivity index (χ4n) is 3.81. The molecule has 1 saturated heterocycles. The van der Waals surface area contributed by atoms with E-state index in [1.54, 1.807) is 0 Å². The standard InChI is InChI=1S/C20H24N4O/c1-14(2)19-22-9-11-24(19)17-4-3-10-23(13-17)20(25)16-6-5-15-7-8-21-18(15)12-16/h5-9,11-12,14,17,21H,3-4,10,13H2,1-2H3/t17-/m1/s1. The van der Waals surface area contributed by atoms with Gasteiger partial charge in [0, 0.05) is 48.7 Å². The van der Waals surface area contributed by atoms with Crippen molar-refractivity contribution in [2.45, 2.75) is 38.6 Å². The zero-order chi connectivity index (χ0) is 17.4. The Morgan fingerprint density at radius 1 is 1.32 bits per heavy atom. The van der Waals surface area contributed by atoms with E-state index in [4.69, 9.17) is 0 Å². The molecule has 1 atom stereocenters. The first-order chi connectivity index (χ1) is 12.1. The third-order valence-electron chi connectivity index (χ3n) is 5.09. The lowest BCUT2D eigenvalue weighted by molar-refractivity contribution is 0.0677. The number of rotatable bonds is 3. The van der Waals surface area contributed by atoms with Crippen LogP contribution in [0.25, 0.3) is 10.9 Å². The number of likely N-dealkylation sites (tertiary alicyclic amines) is 1. The van der Waals surface area contributed by atoms with Gasteiger partial charge in [-0.3, -0.25) is 4.79 Å². The van der Waals surface area contributed by atoms with Gasteiger partial charge in [0.15, 0.2) is 0 Å². The number of amides is 1. The summed E-state index contributed by atoms with van der Waals surface area (Å²) in [4.78, 5) is 22.7. The molecule has 0 unspecified atom stereocenters. The lowest BCUT2D eigenvalue weighted by Crippen LogP contribution is -2.41. The fourth-order valence-corrected chi connectivity index (χ4v) is 3.81. The van der Waals surface area contributed by atoms with Gasteiger partial charge in [-0.1, -0.05) is 19.9 Å². The van der Waals surface area contributed by atoms with Crippen LogP contribution < -0.4 is 0 Å². The molecule has 25 heavy (non-hydrogen) atoms. The number of H-pyrrole nitrogens is 1. The molecule has 0 spiro atoms. The summed E-state index contributed by atoms with van der Waals surface area (Å²) in [6, 6.07) is 8.23. The van der Waals surface area contributed by atoms with Crippen LogP contribution in [0.4, 0.5) is 0 Å². The molecule has 1 fully saturated rings. The predicted octanol–water partition coefficient (Wildman–Crippen LogP) is 3.97. The zero-order valence-electron chi connectivity index (χ0n) is 14.8. The van der Waals surface area contributed by atoms with Crippen molar-refractivity contribution < 1.29 is 4.79 Å². The van der Waals surface area contributed by atoms with Crippen molar-refractivity contribution in [1.82, 2.24) is 19.4 Å². The molecule has 4 rings (SSSR count). The molecule has 1 amide bonds. The first-order valence-corrected chi connectivity index (χ1v) is 9.02. The van der Waals surface area contributed by atoms with Gasteiger partial charge in [0.1, 0.15) is 5.82 Å². The monoisotopic (exact) mass is 336 g/mol. The maximum Gasteiger partial charge on any atom is 0.254 e. The summed E-state index contributed by atoms with van der Waals surface area (Å²) in [6.45, 7) is 5.90. The highest BCUT2D eigenvalue weighted by molar-refractivity contribution is 5.98. The summed E-state index contributed by atoms with van der Waals surface area (Å²) in [5.41, 5.74) is 1.77. The lowest BCUT2D eigenvalue weighted by Gasteiger charge is -2.34. The first kappa shape index (κ1) is 15.9. The fraction of sp³-hybridized carbons (Fsp3) is 0.400. The van der Waals surface area contributed by atoms with Crippen LogP contribution in [0.15, 0.2) is 42.9 Å². The highest BCUT2D eigenvalue weighted by atomic mass is 16.2. The highest BCUT2D eigenvalue weighted by Crippen LogP contribution is 2.27. The molecule has 1 aromatic carbocycles. The van der Waals surface area contributed by atoms with Crippen LogP contribution in [0.5, 0.6) is 0 Å². The summed E-state index contributed by atoms with van der Waals surface area (Å²) >= 11 is 0. The minimum absolute atomic E-state index is 0.118. The van der Waals surface area contributed by atoms with Gasteiger partial charge >= 0.3 is 0 Å². The van der Waals surface area contributed by atoms with Gasteiger partial charge in [0.25, 0.3) is 5.91 Å². The summed E-state index contributed by atoms with van der Waals surface area (Å²) in [7, 11) is 0. The average molecular weight is 336 g/mol. The van der Waals surface area contributed by atoms with E-state index in [0.29, 0.717) is 12.0 Å². The molecule has 1 aliphatic rings. The largest absolute Gasteiger partial charge is 0.361 e. The van der Waals surface area contributed by atoms with Crippen LogP contribution in [0.2, 0.25) is 0 Å².